The summed E-state index contributed by atoms with van der Waals surface area (Å²) < 4.78 is 0. The molecule has 1 aromatic carbocycles. The van der Waals surface area contributed by atoms with Crippen molar-refractivity contribution in [2.45, 2.75) is 38.6 Å². The zero-order chi connectivity index (χ0) is 12.3. The van der Waals surface area contributed by atoms with E-state index >= 15 is 0 Å². The lowest BCUT2D eigenvalue weighted by Gasteiger charge is -2.40. The first-order valence-corrected chi connectivity index (χ1v) is 6.70. The van der Waals surface area contributed by atoms with Gasteiger partial charge in [-0.2, -0.15) is 0 Å². The van der Waals surface area contributed by atoms with Crippen molar-refractivity contribution in [1.82, 2.24) is 5.32 Å². The Bertz CT molecular complexity index is 348. The van der Waals surface area contributed by atoms with E-state index in [1.54, 1.807) is 0 Å². The number of aryl methyl sites for hydroxylation is 1. The second-order valence-corrected chi connectivity index (χ2v) is 5.32. The summed E-state index contributed by atoms with van der Waals surface area (Å²) in [5, 5.41) is 3.44. The van der Waals surface area contributed by atoms with Crippen LogP contribution in [0.1, 0.15) is 32.3 Å². The first-order valence-electron chi connectivity index (χ1n) is 6.70. The molecule has 1 fully saturated rings. The van der Waals surface area contributed by atoms with Gasteiger partial charge in [0.25, 0.3) is 0 Å². The molecule has 1 aliphatic heterocycles. The molecule has 1 aromatic rings. The largest absolute Gasteiger partial charge is 0.371 e. The van der Waals surface area contributed by atoms with Gasteiger partial charge in [0.05, 0.1) is 0 Å². The van der Waals surface area contributed by atoms with Crippen LogP contribution in [0.2, 0.25) is 0 Å². The molecule has 17 heavy (non-hydrogen) atoms. The topological polar surface area (TPSA) is 15.3 Å². The molecular weight excluding hydrogens is 208 g/mol. The van der Waals surface area contributed by atoms with Crippen LogP contribution < -0.4 is 10.2 Å². The minimum atomic E-state index is 0.333. The molecule has 2 rings (SSSR count). The lowest BCUT2D eigenvalue weighted by atomic mass is 9.89. The molecule has 2 heteroatoms. The number of nitrogens with zero attached hydrogens (tertiary/aromatic N) is 1. The van der Waals surface area contributed by atoms with E-state index < -0.39 is 0 Å². The minimum absolute atomic E-state index is 0.333. The van der Waals surface area contributed by atoms with E-state index in [-0.39, 0.29) is 0 Å². The fourth-order valence-corrected chi connectivity index (χ4v) is 2.45. The van der Waals surface area contributed by atoms with Gasteiger partial charge in [-0.05, 0) is 50.9 Å². The first-order chi connectivity index (χ1) is 8.17. The van der Waals surface area contributed by atoms with E-state index in [2.05, 4.69) is 55.4 Å². The molecule has 1 N–H and O–H groups in total. The van der Waals surface area contributed by atoms with Crippen molar-refractivity contribution in [1.29, 1.82) is 0 Å². The van der Waals surface area contributed by atoms with Gasteiger partial charge in [0.1, 0.15) is 0 Å². The maximum absolute atomic E-state index is 3.44. The minimum Gasteiger partial charge on any atom is -0.371 e. The summed E-state index contributed by atoms with van der Waals surface area (Å²) in [6.07, 6.45) is 3.57. The average Bonchev–Trinajstić information content (AvgIpc) is 2.40. The molecule has 0 unspecified atom stereocenters. The Kier molecular flexibility index (Phi) is 3.72. The number of anilines is 1. The Morgan fingerprint density at radius 3 is 2.24 bits per heavy atom. The van der Waals surface area contributed by atoms with Crippen LogP contribution in [0.3, 0.4) is 0 Å². The van der Waals surface area contributed by atoms with Crippen LogP contribution in [0.5, 0.6) is 0 Å². The zero-order valence-electron chi connectivity index (χ0n) is 11.3. The molecule has 0 atom stereocenters. The Balaban J connectivity index is 2.00. The standard InChI is InChI=1S/C15H24N2/c1-4-13-5-7-14(8-6-13)17-11-9-15(2,16-3)10-12-17/h5-8,16H,4,9-12H2,1-3H3. The van der Waals surface area contributed by atoms with Crippen molar-refractivity contribution in [3.05, 3.63) is 29.8 Å². The number of benzene rings is 1. The fraction of sp³-hybridized carbons (Fsp3) is 0.600. The van der Waals surface area contributed by atoms with Gasteiger partial charge < -0.3 is 10.2 Å². The maximum atomic E-state index is 3.44. The molecule has 0 bridgehead atoms. The number of rotatable bonds is 3. The second-order valence-electron chi connectivity index (χ2n) is 5.32. The highest BCUT2D eigenvalue weighted by molar-refractivity contribution is 5.48. The van der Waals surface area contributed by atoms with Crippen LogP contribution >= 0.6 is 0 Å². The molecule has 94 valence electrons. The monoisotopic (exact) mass is 232 g/mol. The summed E-state index contributed by atoms with van der Waals surface area (Å²) in [5.74, 6) is 0. The Hall–Kier alpha value is -1.02. The Morgan fingerprint density at radius 2 is 1.76 bits per heavy atom. The summed E-state index contributed by atoms with van der Waals surface area (Å²) in [6, 6.07) is 9.03. The van der Waals surface area contributed by atoms with Crippen LogP contribution in [-0.4, -0.2) is 25.7 Å². The van der Waals surface area contributed by atoms with Crippen molar-refractivity contribution in [3.63, 3.8) is 0 Å². The van der Waals surface area contributed by atoms with E-state index in [0.717, 1.165) is 19.5 Å². The second kappa shape index (κ2) is 5.09. The molecule has 0 spiro atoms. The molecule has 2 nitrogen and oxygen atoms in total. The van der Waals surface area contributed by atoms with E-state index in [1.165, 1.54) is 24.1 Å². The van der Waals surface area contributed by atoms with E-state index in [4.69, 9.17) is 0 Å². The van der Waals surface area contributed by atoms with Gasteiger partial charge in [0.15, 0.2) is 0 Å². The predicted octanol–water partition coefficient (Wildman–Crippen LogP) is 2.83. The van der Waals surface area contributed by atoms with Gasteiger partial charge in [0.2, 0.25) is 0 Å². The lowest BCUT2D eigenvalue weighted by molar-refractivity contribution is 0.305. The molecule has 0 saturated carbocycles. The number of hydrogen-bond donors (Lipinski definition) is 1. The van der Waals surface area contributed by atoms with Crippen LogP contribution in [0.4, 0.5) is 5.69 Å². The highest BCUT2D eigenvalue weighted by Crippen LogP contribution is 2.25. The zero-order valence-corrected chi connectivity index (χ0v) is 11.3. The summed E-state index contributed by atoms with van der Waals surface area (Å²) >= 11 is 0. The Labute approximate surface area is 105 Å². The Morgan fingerprint density at radius 1 is 1.18 bits per heavy atom. The van der Waals surface area contributed by atoms with Crippen LogP contribution in [0, 0.1) is 0 Å². The fourth-order valence-electron chi connectivity index (χ4n) is 2.45. The van der Waals surface area contributed by atoms with E-state index in [1.807, 2.05) is 0 Å². The lowest BCUT2D eigenvalue weighted by Crippen LogP contribution is -2.50. The third-order valence-electron chi connectivity index (χ3n) is 4.18. The smallest absolute Gasteiger partial charge is 0.0366 e. The van der Waals surface area contributed by atoms with Crippen molar-refractivity contribution < 1.29 is 0 Å². The molecule has 1 saturated heterocycles. The van der Waals surface area contributed by atoms with Gasteiger partial charge in [-0.1, -0.05) is 19.1 Å². The van der Waals surface area contributed by atoms with Crippen LogP contribution in [0.15, 0.2) is 24.3 Å². The highest BCUT2D eigenvalue weighted by atomic mass is 15.2. The van der Waals surface area contributed by atoms with Gasteiger partial charge in [-0.15, -0.1) is 0 Å². The molecule has 0 radical (unpaired) electrons. The van der Waals surface area contributed by atoms with Crippen molar-refractivity contribution in [2.24, 2.45) is 0 Å². The molecule has 1 heterocycles. The quantitative estimate of drug-likeness (QED) is 0.862. The SMILES string of the molecule is CCc1ccc(N2CCC(C)(NC)CC2)cc1. The van der Waals surface area contributed by atoms with E-state index in [0.29, 0.717) is 5.54 Å². The van der Waals surface area contributed by atoms with Crippen molar-refractivity contribution >= 4 is 5.69 Å². The summed E-state index contributed by atoms with van der Waals surface area (Å²) in [7, 11) is 2.08. The van der Waals surface area contributed by atoms with Crippen LogP contribution in [-0.2, 0) is 6.42 Å². The number of piperidine rings is 1. The molecule has 1 aliphatic rings. The molecular formula is C15H24N2. The third-order valence-corrected chi connectivity index (χ3v) is 4.18. The van der Waals surface area contributed by atoms with Crippen molar-refractivity contribution in [2.75, 3.05) is 25.0 Å². The summed E-state index contributed by atoms with van der Waals surface area (Å²) in [6.45, 7) is 6.84. The van der Waals surface area contributed by atoms with Crippen molar-refractivity contribution in [3.8, 4) is 0 Å². The number of nitrogens with one attached hydrogen (secondary N) is 1. The third kappa shape index (κ3) is 2.81. The molecule has 0 amide bonds. The van der Waals surface area contributed by atoms with Crippen LogP contribution in [0.25, 0.3) is 0 Å². The summed E-state index contributed by atoms with van der Waals surface area (Å²) in [4.78, 5) is 2.50. The van der Waals surface area contributed by atoms with E-state index in [9.17, 15) is 0 Å². The predicted molar refractivity (Wildman–Crippen MR) is 74.7 cm³/mol. The summed E-state index contributed by atoms with van der Waals surface area (Å²) in [5.41, 5.74) is 3.13. The average molecular weight is 232 g/mol. The molecule has 0 aromatic heterocycles. The van der Waals surface area contributed by atoms with Gasteiger partial charge in [0, 0.05) is 24.3 Å². The van der Waals surface area contributed by atoms with Gasteiger partial charge in [-0.3, -0.25) is 0 Å². The van der Waals surface area contributed by atoms with Gasteiger partial charge in [-0.25, -0.2) is 0 Å². The first kappa shape index (κ1) is 12.4. The highest BCUT2D eigenvalue weighted by Gasteiger charge is 2.28. The number of hydrogen-bond acceptors (Lipinski definition) is 2. The normalized spacial score (nSPS) is 19.4. The molecule has 0 aliphatic carbocycles. The maximum Gasteiger partial charge on any atom is 0.0366 e. The van der Waals surface area contributed by atoms with Gasteiger partial charge >= 0.3 is 0 Å².